The average molecular weight is 365 g/mol. The van der Waals surface area contributed by atoms with Crippen LogP contribution >= 0.6 is 0 Å². The minimum Gasteiger partial charge on any atom is -0.502 e. The molecule has 2 aromatic rings. The number of benzene rings is 2. The molecule has 1 heterocycles. The van der Waals surface area contributed by atoms with Crippen LogP contribution in [-0.4, -0.2) is 35.0 Å². The Kier molecular flexibility index (Phi) is 5.04. The highest BCUT2D eigenvalue weighted by atomic mass is 16.5. The van der Waals surface area contributed by atoms with Gasteiger partial charge >= 0.3 is 0 Å². The molecule has 3 rings (SSSR count). The summed E-state index contributed by atoms with van der Waals surface area (Å²) in [6.45, 7) is 7.99. The summed E-state index contributed by atoms with van der Waals surface area (Å²) in [5.41, 5.74) is 4.68. The summed E-state index contributed by atoms with van der Waals surface area (Å²) in [5, 5.41) is 10.3. The molecule has 2 aromatic carbocycles. The normalized spacial score (nSPS) is 14.3. The van der Waals surface area contributed by atoms with Crippen molar-refractivity contribution in [1.29, 1.82) is 0 Å². The molecule has 0 aliphatic carbocycles. The molecule has 0 saturated heterocycles. The monoisotopic (exact) mass is 365 g/mol. The Morgan fingerprint density at radius 1 is 0.889 bits per heavy atom. The summed E-state index contributed by atoms with van der Waals surface area (Å²) in [7, 11) is 0. The lowest BCUT2D eigenvalue weighted by Crippen LogP contribution is -2.35. The van der Waals surface area contributed by atoms with Gasteiger partial charge in [-0.15, -0.1) is 0 Å². The predicted octanol–water partition coefficient (Wildman–Crippen LogP) is 3.64. The number of nitrogens with zero attached hydrogens (tertiary/aromatic N) is 1. The van der Waals surface area contributed by atoms with Crippen LogP contribution in [0.25, 0.3) is 5.57 Å². The topological polar surface area (TPSA) is 66.8 Å². The molecule has 0 bridgehead atoms. The van der Waals surface area contributed by atoms with E-state index in [0.29, 0.717) is 11.3 Å². The summed E-state index contributed by atoms with van der Waals surface area (Å²) in [5.74, 6) is -0.982. The molecule has 0 radical (unpaired) electrons. The standard InChI is InChI=1S/C22H23NO4/c1-13-5-6-18(16(4)10-13)19-20(24)22(26)23(21(19)25)7-8-27-17-11-14(2)9-15(3)12-17/h5-6,9-12,24H,7-8H2,1-4H3. The SMILES string of the molecule is Cc1cc(C)cc(OCCN2C(=O)C(O)=C(c3ccc(C)cc3C)C2=O)c1. The van der Waals surface area contributed by atoms with Gasteiger partial charge in [0.15, 0.2) is 5.76 Å². The first-order chi connectivity index (χ1) is 12.8. The maximum absolute atomic E-state index is 12.7. The van der Waals surface area contributed by atoms with Crippen molar-refractivity contribution in [2.24, 2.45) is 0 Å². The molecule has 0 fully saturated rings. The van der Waals surface area contributed by atoms with Gasteiger partial charge in [0.25, 0.3) is 11.8 Å². The van der Waals surface area contributed by atoms with Crippen LogP contribution in [0.3, 0.4) is 0 Å². The van der Waals surface area contributed by atoms with E-state index in [0.717, 1.165) is 27.2 Å². The number of carbonyl (C=O) groups excluding carboxylic acids is 2. The molecule has 5 nitrogen and oxygen atoms in total. The zero-order chi connectivity index (χ0) is 19.7. The Hall–Kier alpha value is -3.08. The largest absolute Gasteiger partial charge is 0.502 e. The molecule has 0 aromatic heterocycles. The summed E-state index contributed by atoms with van der Waals surface area (Å²) >= 11 is 0. The van der Waals surface area contributed by atoms with Crippen LogP contribution in [0.4, 0.5) is 0 Å². The molecular formula is C22H23NO4. The molecule has 1 N–H and O–H groups in total. The zero-order valence-electron chi connectivity index (χ0n) is 16.0. The fourth-order valence-corrected chi connectivity index (χ4v) is 3.37. The number of aliphatic hydroxyl groups excluding tert-OH is 1. The van der Waals surface area contributed by atoms with Gasteiger partial charge in [0.1, 0.15) is 12.4 Å². The second-order valence-electron chi connectivity index (χ2n) is 6.98. The second-order valence-corrected chi connectivity index (χ2v) is 6.98. The van der Waals surface area contributed by atoms with Crippen molar-refractivity contribution >= 4 is 17.4 Å². The van der Waals surface area contributed by atoms with E-state index in [9.17, 15) is 14.7 Å². The number of imide groups is 1. The van der Waals surface area contributed by atoms with Gasteiger partial charge < -0.3 is 9.84 Å². The summed E-state index contributed by atoms with van der Waals surface area (Å²) in [4.78, 5) is 26.2. The van der Waals surface area contributed by atoms with E-state index in [-0.39, 0.29) is 18.7 Å². The van der Waals surface area contributed by atoms with Crippen LogP contribution in [0.5, 0.6) is 5.75 Å². The minimum atomic E-state index is -0.681. The maximum atomic E-state index is 12.7. The van der Waals surface area contributed by atoms with Crippen molar-refractivity contribution in [2.45, 2.75) is 27.7 Å². The number of hydrogen-bond donors (Lipinski definition) is 1. The highest BCUT2D eigenvalue weighted by molar-refractivity contribution is 6.35. The lowest BCUT2D eigenvalue weighted by atomic mass is 9.98. The van der Waals surface area contributed by atoms with Crippen molar-refractivity contribution in [3.05, 3.63) is 70.0 Å². The van der Waals surface area contributed by atoms with Crippen LogP contribution < -0.4 is 4.74 Å². The summed E-state index contributed by atoms with van der Waals surface area (Å²) < 4.78 is 5.70. The molecule has 1 aliphatic heterocycles. The highest BCUT2D eigenvalue weighted by Gasteiger charge is 2.39. The van der Waals surface area contributed by atoms with E-state index in [4.69, 9.17) is 4.74 Å². The van der Waals surface area contributed by atoms with Crippen molar-refractivity contribution in [3.63, 3.8) is 0 Å². The van der Waals surface area contributed by atoms with Crippen molar-refractivity contribution in [1.82, 2.24) is 4.90 Å². The second kappa shape index (κ2) is 7.27. The van der Waals surface area contributed by atoms with E-state index in [1.165, 1.54) is 0 Å². The van der Waals surface area contributed by atoms with E-state index in [1.54, 1.807) is 6.07 Å². The average Bonchev–Trinajstić information content (AvgIpc) is 2.78. The van der Waals surface area contributed by atoms with E-state index >= 15 is 0 Å². The molecule has 0 spiro atoms. The van der Waals surface area contributed by atoms with Gasteiger partial charge in [-0.05, 0) is 62.1 Å². The Morgan fingerprint density at radius 2 is 1.56 bits per heavy atom. The number of aryl methyl sites for hydroxylation is 4. The molecule has 0 unspecified atom stereocenters. The fourth-order valence-electron chi connectivity index (χ4n) is 3.37. The van der Waals surface area contributed by atoms with Crippen LogP contribution in [0, 0.1) is 27.7 Å². The van der Waals surface area contributed by atoms with Gasteiger partial charge in [0.05, 0.1) is 12.1 Å². The summed E-state index contributed by atoms with van der Waals surface area (Å²) in [6.07, 6.45) is 0. The van der Waals surface area contributed by atoms with Gasteiger partial charge in [0.2, 0.25) is 0 Å². The zero-order valence-corrected chi connectivity index (χ0v) is 16.0. The number of carbonyl (C=O) groups is 2. The lowest BCUT2D eigenvalue weighted by Gasteiger charge is -2.16. The molecule has 27 heavy (non-hydrogen) atoms. The lowest BCUT2D eigenvalue weighted by molar-refractivity contribution is -0.138. The number of aliphatic hydroxyl groups is 1. The first-order valence-corrected chi connectivity index (χ1v) is 8.86. The van der Waals surface area contributed by atoms with E-state index < -0.39 is 17.6 Å². The third kappa shape index (κ3) is 3.72. The van der Waals surface area contributed by atoms with Crippen molar-refractivity contribution < 1.29 is 19.4 Å². The molecule has 140 valence electrons. The van der Waals surface area contributed by atoms with E-state index in [2.05, 4.69) is 0 Å². The first-order valence-electron chi connectivity index (χ1n) is 8.86. The Balaban J connectivity index is 1.73. The molecule has 0 saturated carbocycles. The molecule has 2 amide bonds. The quantitative estimate of drug-likeness (QED) is 0.822. The maximum Gasteiger partial charge on any atom is 0.296 e. The van der Waals surface area contributed by atoms with Gasteiger partial charge in [-0.1, -0.05) is 29.8 Å². The molecule has 1 aliphatic rings. The van der Waals surface area contributed by atoms with Crippen LogP contribution in [0.2, 0.25) is 0 Å². The first kappa shape index (κ1) is 18.7. The van der Waals surface area contributed by atoms with Gasteiger partial charge in [0, 0.05) is 0 Å². The molecule has 0 atom stereocenters. The van der Waals surface area contributed by atoms with Crippen molar-refractivity contribution in [2.75, 3.05) is 13.2 Å². The van der Waals surface area contributed by atoms with Crippen LogP contribution in [0.1, 0.15) is 27.8 Å². The van der Waals surface area contributed by atoms with Crippen molar-refractivity contribution in [3.8, 4) is 5.75 Å². The fraction of sp³-hybridized carbons (Fsp3) is 0.273. The minimum absolute atomic E-state index is 0.0592. The summed E-state index contributed by atoms with van der Waals surface area (Å²) in [6, 6.07) is 11.4. The molecule has 5 heteroatoms. The third-order valence-corrected chi connectivity index (χ3v) is 4.57. The van der Waals surface area contributed by atoms with Gasteiger partial charge in [-0.3, -0.25) is 14.5 Å². The van der Waals surface area contributed by atoms with Crippen LogP contribution in [0.15, 0.2) is 42.2 Å². The number of rotatable bonds is 5. The Morgan fingerprint density at radius 3 is 2.19 bits per heavy atom. The Labute approximate surface area is 158 Å². The van der Waals surface area contributed by atoms with Gasteiger partial charge in [-0.2, -0.15) is 0 Å². The number of amides is 2. The highest BCUT2D eigenvalue weighted by Crippen LogP contribution is 2.30. The van der Waals surface area contributed by atoms with Crippen LogP contribution in [-0.2, 0) is 9.59 Å². The predicted molar refractivity (Wildman–Crippen MR) is 104 cm³/mol. The Bertz CT molecular complexity index is 939. The smallest absolute Gasteiger partial charge is 0.296 e. The number of hydrogen-bond acceptors (Lipinski definition) is 4. The molecular weight excluding hydrogens is 342 g/mol. The van der Waals surface area contributed by atoms with E-state index in [1.807, 2.05) is 58.0 Å². The number of ether oxygens (including phenoxy) is 1. The third-order valence-electron chi connectivity index (χ3n) is 4.57. The van der Waals surface area contributed by atoms with Gasteiger partial charge in [-0.25, -0.2) is 0 Å².